The molecule has 0 radical (unpaired) electrons. The van der Waals surface area contributed by atoms with Crippen LogP contribution < -0.4 is 16.5 Å². The number of nitrogens with one attached hydrogen (secondary N) is 2. The van der Waals surface area contributed by atoms with E-state index in [1.54, 1.807) is 34.6 Å². The lowest BCUT2D eigenvalue weighted by molar-refractivity contribution is 0.251. The van der Waals surface area contributed by atoms with Crippen molar-refractivity contribution in [2.24, 2.45) is 16.9 Å². The molecule has 0 aliphatic carbocycles. The highest BCUT2D eigenvalue weighted by molar-refractivity contribution is 8.03. The summed E-state index contributed by atoms with van der Waals surface area (Å²) in [6.07, 6.45) is 6.23. The summed E-state index contributed by atoms with van der Waals surface area (Å²) in [7, 11) is 0. The summed E-state index contributed by atoms with van der Waals surface area (Å²) in [4.78, 5) is 17.2. The van der Waals surface area contributed by atoms with E-state index in [2.05, 4.69) is 73.6 Å². The van der Waals surface area contributed by atoms with Crippen LogP contribution in [0.4, 0.5) is 10.6 Å². The van der Waals surface area contributed by atoms with Gasteiger partial charge >= 0.3 is 6.03 Å². The summed E-state index contributed by atoms with van der Waals surface area (Å²) in [6.45, 7) is 11.4. The molecule has 0 saturated heterocycles. The van der Waals surface area contributed by atoms with Gasteiger partial charge in [-0.1, -0.05) is 76.7 Å². The first-order valence-electron chi connectivity index (χ1n) is 13.2. The van der Waals surface area contributed by atoms with Gasteiger partial charge in [0, 0.05) is 52.6 Å². The van der Waals surface area contributed by atoms with Gasteiger partial charge in [-0.3, -0.25) is 5.32 Å². The van der Waals surface area contributed by atoms with Gasteiger partial charge in [0.05, 0.1) is 11.4 Å². The van der Waals surface area contributed by atoms with E-state index in [0.29, 0.717) is 18.1 Å². The van der Waals surface area contributed by atoms with Gasteiger partial charge in [0.25, 0.3) is 0 Å². The number of hydrazone groups is 1. The number of amides is 2. The molecule has 0 unspecified atom stereocenters. The topological polar surface area (TPSA) is 121 Å². The number of nitrogens with zero attached hydrogens (tertiary/aromatic N) is 4. The molecule has 4 rings (SSSR count). The monoisotopic (exact) mass is 559 g/mol. The van der Waals surface area contributed by atoms with E-state index >= 15 is 0 Å². The number of aromatic hydroxyl groups is 1. The number of phenols is 1. The van der Waals surface area contributed by atoms with E-state index in [9.17, 15) is 9.90 Å². The van der Waals surface area contributed by atoms with E-state index in [1.165, 1.54) is 0 Å². The molecule has 3 aromatic rings. The van der Waals surface area contributed by atoms with Gasteiger partial charge in [-0.05, 0) is 29.8 Å². The highest BCUT2D eigenvalue weighted by Gasteiger charge is 2.22. The van der Waals surface area contributed by atoms with Gasteiger partial charge in [-0.25, -0.2) is 9.48 Å². The normalized spacial score (nSPS) is 13.9. The Bertz CT molecular complexity index is 1450. The molecule has 0 saturated carbocycles. The molecule has 10 heteroatoms. The van der Waals surface area contributed by atoms with Crippen LogP contribution in [0.3, 0.4) is 0 Å². The SMILES string of the molecule is CC(C)/C(=N/N)N1C=C(Sc2ccccc2CNC(=O)Nc2cc(C(C)(C)C)nn2-c2cccc(O)c2)C=CC1. The lowest BCUT2D eigenvalue weighted by Crippen LogP contribution is -2.32. The standard InChI is InChI=1S/C30H37N7O2S/c1-20(2)28(34-31)36-15-9-13-24(19-36)40-25-14-7-6-10-21(25)18-32-29(39)33-27-17-26(30(3,4)5)35-37(27)22-11-8-12-23(38)16-22/h6-14,16-17,19-20,38H,15,18,31H2,1-5H3,(H2,32,33,39)/b34-28-. The van der Waals surface area contributed by atoms with Crippen LogP contribution in [0.15, 0.2) is 87.9 Å². The second-order valence-corrected chi connectivity index (χ2v) is 12.0. The maximum Gasteiger partial charge on any atom is 0.320 e. The number of allylic oxidation sites excluding steroid dienone is 1. The Morgan fingerprint density at radius 2 is 1.95 bits per heavy atom. The fourth-order valence-corrected chi connectivity index (χ4v) is 5.19. The van der Waals surface area contributed by atoms with Crippen LogP contribution in [0, 0.1) is 5.92 Å². The van der Waals surface area contributed by atoms with Crippen LogP contribution in [0.2, 0.25) is 0 Å². The van der Waals surface area contributed by atoms with Crippen molar-refractivity contribution in [3.63, 3.8) is 0 Å². The number of aromatic nitrogens is 2. The second kappa shape index (κ2) is 12.3. The van der Waals surface area contributed by atoms with Gasteiger partial charge in [0.2, 0.25) is 0 Å². The number of nitrogens with two attached hydrogens (primary N) is 1. The van der Waals surface area contributed by atoms with Crippen molar-refractivity contribution in [3.8, 4) is 11.4 Å². The Labute approximate surface area is 239 Å². The number of rotatable bonds is 7. The average molecular weight is 560 g/mol. The molecule has 2 amide bonds. The molecule has 1 aliphatic heterocycles. The first-order valence-corrected chi connectivity index (χ1v) is 14.0. The zero-order valence-electron chi connectivity index (χ0n) is 23.5. The second-order valence-electron chi connectivity index (χ2n) is 10.8. The minimum Gasteiger partial charge on any atom is -0.508 e. The highest BCUT2D eigenvalue weighted by atomic mass is 32.2. The molecule has 1 aliphatic rings. The van der Waals surface area contributed by atoms with Crippen molar-refractivity contribution in [2.45, 2.75) is 51.5 Å². The third kappa shape index (κ3) is 7.06. The van der Waals surface area contributed by atoms with Crippen molar-refractivity contribution in [2.75, 3.05) is 11.9 Å². The van der Waals surface area contributed by atoms with Gasteiger partial charge in [0.15, 0.2) is 0 Å². The fraction of sp³-hybridized carbons (Fsp3) is 0.300. The van der Waals surface area contributed by atoms with Crippen molar-refractivity contribution >= 4 is 29.4 Å². The smallest absolute Gasteiger partial charge is 0.320 e. The van der Waals surface area contributed by atoms with Gasteiger partial charge in [-0.15, -0.1) is 0 Å². The maximum atomic E-state index is 13.0. The van der Waals surface area contributed by atoms with Crippen LogP contribution in [0.1, 0.15) is 45.9 Å². The van der Waals surface area contributed by atoms with E-state index in [4.69, 9.17) is 10.9 Å². The van der Waals surface area contributed by atoms with Crippen molar-refractivity contribution in [3.05, 3.63) is 89.1 Å². The van der Waals surface area contributed by atoms with Crippen LogP contribution in [0.25, 0.3) is 5.69 Å². The first kappa shape index (κ1) is 28.8. The molecule has 0 spiro atoms. The Kier molecular flexibility index (Phi) is 8.89. The number of anilines is 1. The quantitative estimate of drug-likeness (QED) is 0.123. The lowest BCUT2D eigenvalue weighted by atomic mass is 9.92. The number of hydrogen-bond acceptors (Lipinski definition) is 6. The van der Waals surface area contributed by atoms with Gasteiger partial charge in [0.1, 0.15) is 17.4 Å². The molecule has 0 atom stereocenters. The molecule has 9 nitrogen and oxygen atoms in total. The molecule has 0 fully saturated rings. The summed E-state index contributed by atoms with van der Waals surface area (Å²) in [5, 5.41) is 24.6. The number of thioether (sulfide) groups is 1. The van der Waals surface area contributed by atoms with Crippen LogP contribution >= 0.6 is 11.8 Å². The number of carbonyl (C=O) groups is 1. The lowest BCUT2D eigenvalue weighted by Gasteiger charge is -2.26. The number of phenolic OH excluding ortho intramolecular Hbond substituents is 1. The van der Waals surface area contributed by atoms with Crippen LogP contribution in [-0.2, 0) is 12.0 Å². The van der Waals surface area contributed by atoms with Crippen LogP contribution in [-0.4, -0.2) is 38.2 Å². The maximum absolute atomic E-state index is 13.0. The van der Waals surface area contributed by atoms with E-state index in [1.807, 2.05) is 36.4 Å². The van der Waals surface area contributed by atoms with Crippen molar-refractivity contribution in [1.82, 2.24) is 20.0 Å². The van der Waals surface area contributed by atoms with Gasteiger partial charge in [-0.2, -0.15) is 10.2 Å². The van der Waals surface area contributed by atoms with Crippen molar-refractivity contribution in [1.29, 1.82) is 0 Å². The first-order chi connectivity index (χ1) is 19.0. The predicted octanol–water partition coefficient (Wildman–Crippen LogP) is 5.93. The van der Waals surface area contributed by atoms with Crippen LogP contribution in [0.5, 0.6) is 5.75 Å². The molecule has 2 aromatic carbocycles. The molecule has 40 heavy (non-hydrogen) atoms. The number of amidine groups is 1. The summed E-state index contributed by atoms with van der Waals surface area (Å²) in [5.74, 6) is 7.31. The number of carbonyl (C=O) groups excluding carboxylic acids is 1. The number of hydrogen-bond donors (Lipinski definition) is 4. The summed E-state index contributed by atoms with van der Waals surface area (Å²) < 4.78 is 1.63. The molecular formula is C30H37N7O2S. The summed E-state index contributed by atoms with van der Waals surface area (Å²) in [6, 6.07) is 16.3. The zero-order valence-corrected chi connectivity index (χ0v) is 24.4. The molecule has 0 bridgehead atoms. The Hall–Kier alpha value is -4.18. The fourth-order valence-electron chi connectivity index (χ4n) is 4.18. The largest absolute Gasteiger partial charge is 0.508 e. The van der Waals surface area contributed by atoms with E-state index < -0.39 is 0 Å². The molecule has 210 valence electrons. The Balaban J connectivity index is 1.48. The third-order valence-corrected chi connectivity index (χ3v) is 7.34. The van der Waals surface area contributed by atoms with E-state index in [0.717, 1.165) is 33.4 Å². The number of benzene rings is 2. The van der Waals surface area contributed by atoms with Crippen molar-refractivity contribution < 1.29 is 9.90 Å². The minimum absolute atomic E-state index is 0.122. The third-order valence-electron chi connectivity index (χ3n) is 6.24. The predicted molar refractivity (Wildman–Crippen MR) is 162 cm³/mol. The van der Waals surface area contributed by atoms with Gasteiger partial charge < -0.3 is 21.2 Å². The molecule has 5 N–H and O–H groups in total. The minimum atomic E-state index is -0.356. The Morgan fingerprint density at radius 3 is 2.65 bits per heavy atom. The zero-order chi connectivity index (χ0) is 28.9. The molecule has 1 aromatic heterocycles. The average Bonchev–Trinajstić information content (AvgIpc) is 3.33. The summed E-state index contributed by atoms with van der Waals surface area (Å²) in [5.41, 5.74) is 2.23. The summed E-state index contributed by atoms with van der Waals surface area (Å²) >= 11 is 1.62. The molecule has 2 heterocycles. The van der Waals surface area contributed by atoms with E-state index in [-0.39, 0.29) is 23.1 Å². The molecular weight excluding hydrogens is 522 g/mol. The highest BCUT2D eigenvalue weighted by Crippen LogP contribution is 2.32. The number of urea groups is 1. The Morgan fingerprint density at radius 1 is 1.18 bits per heavy atom.